The average Bonchev–Trinajstić information content (AvgIpc) is 2.48. The first-order valence-electron chi connectivity index (χ1n) is 4.14. The van der Waals surface area contributed by atoms with Crippen LogP contribution in [0, 0.1) is 11.3 Å². The smallest absolute Gasteiger partial charge is 0.0207 e. The molecule has 1 aliphatic carbocycles. The highest BCUT2D eigenvalue weighted by molar-refractivity contribution is 5.23. The van der Waals surface area contributed by atoms with Crippen LogP contribution >= 0.6 is 0 Å². The van der Waals surface area contributed by atoms with E-state index in [1.165, 1.54) is 0 Å². The van der Waals surface area contributed by atoms with E-state index < -0.39 is 0 Å². The number of nitrogens with two attached hydrogens (primary N) is 1. The minimum absolute atomic E-state index is 0.231. The molecule has 2 heteroatoms. The Labute approximate surface area is 67.2 Å². The van der Waals surface area contributed by atoms with Crippen LogP contribution in [-0.4, -0.2) is 19.6 Å². The second-order valence-electron chi connectivity index (χ2n) is 3.42. The van der Waals surface area contributed by atoms with E-state index in [0.29, 0.717) is 5.92 Å². The first kappa shape index (κ1) is 7.07. The van der Waals surface area contributed by atoms with Gasteiger partial charge in [-0.2, -0.15) is 0 Å². The summed E-state index contributed by atoms with van der Waals surface area (Å²) < 4.78 is 0. The van der Waals surface area contributed by atoms with Crippen molar-refractivity contribution < 1.29 is 0 Å². The highest BCUT2D eigenvalue weighted by Crippen LogP contribution is 2.35. The molecule has 1 fully saturated rings. The van der Waals surface area contributed by atoms with Crippen LogP contribution in [0.25, 0.3) is 0 Å². The van der Waals surface area contributed by atoms with Gasteiger partial charge >= 0.3 is 0 Å². The lowest BCUT2D eigenvalue weighted by atomic mass is 9.75. The maximum Gasteiger partial charge on any atom is 0.0207 e. The fraction of sp³-hybridized carbons (Fsp3) is 0.556. The van der Waals surface area contributed by atoms with E-state index >= 15 is 0 Å². The van der Waals surface area contributed by atoms with Gasteiger partial charge in [-0.3, -0.25) is 0 Å². The van der Waals surface area contributed by atoms with E-state index in [0.717, 1.165) is 19.6 Å². The Hall–Kier alpha value is -0.600. The SMILES string of the molecule is NC[C@@]12C=CC=C[C@H]1CNC2. The van der Waals surface area contributed by atoms with E-state index in [-0.39, 0.29) is 5.41 Å². The van der Waals surface area contributed by atoms with Crippen LogP contribution in [0.3, 0.4) is 0 Å². The van der Waals surface area contributed by atoms with E-state index in [1.54, 1.807) is 0 Å². The molecular weight excluding hydrogens is 136 g/mol. The molecule has 0 aromatic carbocycles. The number of nitrogens with one attached hydrogen (secondary N) is 1. The van der Waals surface area contributed by atoms with Gasteiger partial charge in [0.25, 0.3) is 0 Å². The third-order valence-corrected chi connectivity index (χ3v) is 2.82. The Kier molecular flexibility index (Phi) is 1.59. The molecule has 2 atom stereocenters. The molecule has 2 rings (SSSR count). The van der Waals surface area contributed by atoms with E-state index in [1.807, 2.05) is 0 Å². The summed E-state index contributed by atoms with van der Waals surface area (Å²) in [5, 5.41) is 3.37. The molecule has 0 amide bonds. The topological polar surface area (TPSA) is 38.0 Å². The lowest BCUT2D eigenvalue weighted by Crippen LogP contribution is -2.36. The van der Waals surface area contributed by atoms with Gasteiger partial charge in [-0.25, -0.2) is 0 Å². The standard InChI is InChI=1S/C9H14N2/c10-6-9-4-2-1-3-8(9)5-11-7-9/h1-4,8,11H,5-7,10H2/t8-,9+/m0/s1. The largest absolute Gasteiger partial charge is 0.330 e. The van der Waals surface area contributed by atoms with Gasteiger partial charge in [-0.15, -0.1) is 0 Å². The predicted octanol–water partition coefficient (Wildman–Crippen LogP) is 0.277. The van der Waals surface area contributed by atoms with Gasteiger partial charge in [-0.05, 0) is 0 Å². The second-order valence-corrected chi connectivity index (χ2v) is 3.42. The van der Waals surface area contributed by atoms with Crippen LogP contribution in [0.4, 0.5) is 0 Å². The third kappa shape index (κ3) is 0.940. The molecule has 3 N–H and O–H groups in total. The Bertz CT molecular complexity index is 208. The van der Waals surface area contributed by atoms with Gasteiger partial charge < -0.3 is 11.1 Å². The Morgan fingerprint density at radius 3 is 3.18 bits per heavy atom. The zero-order valence-corrected chi connectivity index (χ0v) is 6.59. The molecule has 2 aliphatic rings. The quantitative estimate of drug-likeness (QED) is 0.563. The van der Waals surface area contributed by atoms with Gasteiger partial charge in [-0.1, -0.05) is 24.3 Å². The molecule has 11 heavy (non-hydrogen) atoms. The normalized spacial score (nSPS) is 41.0. The summed E-state index contributed by atoms with van der Waals surface area (Å²) in [7, 11) is 0. The number of hydrogen-bond donors (Lipinski definition) is 2. The summed E-state index contributed by atoms with van der Waals surface area (Å²) in [6.07, 6.45) is 8.73. The Morgan fingerprint density at radius 1 is 1.55 bits per heavy atom. The minimum atomic E-state index is 0.231. The van der Waals surface area contributed by atoms with Crippen LogP contribution in [0.15, 0.2) is 24.3 Å². The summed E-state index contributed by atoms with van der Waals surface area (Å²) in [4.78, 5) is 0. The molecule has 0 saturated carbocycles. The van der Waals surface area contributed by atoms with Crippen molar-refractivity contribution in [2.75, 3.05) is 19.6 Å². The zero-order chi connectivity index (χ0) is 7.73. The first-order chi connectivity index (χ1) is 5.37. The van der Waals surface area contributed by atoms with Crippen molar-refractivity contribution in [3.8, 4) is 0 Å². The molecule has 1 aliphatic heterocycles. The van der Waals surface area contributed by atoms with Crippen LogP contribution in [0.5, 0.6) is 0 Å². The summed E-state index contributed by atoms with van der Waals surface area (Å²) in [5.74, 6) is 0.623. The monoisotopic (exact) mass is 150 g/mol. The van der Waals surface area contributed by atoms with Crippen molar-refractivity contribution >= 4 is 0 Å². The van der Waals surface area contributed by atoms with Crippen molar-refractivity contribution in [2.45, 2.75) is 0 Å². The Balaban J connectivity index is 2.28. The van der Waals surface area contributed by atoms with Crippen molar-refractivity contribution in [1.29, 1.82) is 0 Å². The molecule has 0 unspecified atom stereocenters. The fourth-order valence-electron chi connectivity index (χ4n) is 1.97. The minimum Gasteiger partial charge on any atom is -0.330 e. The lowest BCUT2D eigenvalue weighted by Gasteiger charge is -2.29. The van der Waals surface area contributed by atoms with E-state index in [2.05, 4.69) is 29.6 Å². The first-order valence-corrected chi connectivity index (χ1v) is 4.14. The maximum absolute atomic E-state index is 5.75. The summed E-state index contributed by atoms with van der Waals surface area (Å²) >= 11 is 0. The number of hydrogen-bond acceptors (Lipinski definition) is 2. The van der Waals surface area contributed by atoms with Gasteiger partial charge in [0.2, 0.25) is 0 Å². The lowest BCUT2D eigenvalue weighted by molar-refractivity contribution is 0.363. The van der Waals surface area contributed by atoms with Crippen LogP contribution < -0.4 is 11.1 Å². The highest BCUT2D eigenvalue weighted by Gasteiger charge is 2.38. The predicted molar refractivity (Wildman–Crippen MR) is 46.1 cm³/mol. The molecule has 0 bridgehead atoms. The second kappa shape index (κ2) is 2.47. The molecule has 2 nitrogen and oxygen atoms in total. The molecule has 0 aromatic heterocycles. The van der Waals surface area contributed by atoms with E-state index in [4.69, 9.17) is 5.73 Å². The summed E-state index contributed by atoms with van der Waals surface area (Å²) in [5.41, 5.74) is 5.98. The molecule has 0 spiro atoms. The van der Waals surface area contributed by atoms with Gasteiger partial charge in [0.1, 0.15) is 0 Å². The fourth-order valence-corrected chi connectivity index (χ4v) is 1.97. The zero-order valence-electron chi connectivity index (χ0n) is 6.59. The van der Waals surface area contributed by atoms with Crippen LogP contribution in [0.2, 0.25) is 0 Å². The van der Waals surface area contributed by atoms with Crippen molar-refractivity contribution in [1.82, 2.24) is 5.32 Å². The van der Waals surface area contributed by atoms with Crippen LogP contribution in [0.1, 0.15) is 0 Å². The van der Waals surface area contributed by atoms with Crippen molar-refractivity contribution in [2.24, 2.45) is 17.1 Å². The molecule has 1 heterocycles. The summed E-state index contributed by atoms with van der Waals surface area (Å²) in [6, 6.07) is 0. The van der Waals surface area contributed by atoms with Gasteiger partial charge in [0, 0.05) is 31.0 Å². The molecule has 60 valence electrons. The number of allylic oxidation sites excluding steroid dienone is 2. The number of fused-ring (bicyclic) bond motifs is 1. The summed E-state index contributed by atoms with van der Waals surface area (Å²) in [6.45, 7) is 2.87. The van der Waals surface area contributed by atoms with Gasteiger partial charge in [0.05, 0.1) is 0 Å². The molecule has 0 aromatic rings. The third-order valence-electron chi connectivity index (χ3n) is 2.82. The Morgan fingerprint density at radius 2 is 2.45 bits per heavy atom. The van der Waals surface area contributed by atoms with Crippen LogP contribution in [-0.2, 0) is 0 Å². The number of rotatable bonds is 1. The highest BCUT2D eigenvalue weighted by atomic mass is 14.9. The van der Waals surface area contributed by atoms with Crippen molar-refractivity contribution in [3.05, 3.63) is 24.3 Å². The molecular formula is C9H14N2. The average molecular weight is 150 g/mol. The maximum atomic E-state index is 5.75. The van der Waals surface area contributed by atoms with Gasteiger partial charge in [0.15, 0.2) is 0 Å². The molecule has 1 saturated heterocycles. The molecule has 0 radical (unpaired) electrons. The van der Waals surface area contributed by atoms with Crippen molar-refractivity contribution in [3.63, 3.8) is 0 Å². The van der Waals surface area contributed by atoms with E-state index in [9.17, 15) is 0 Å².